The summed E-state index contributed by atoms with van der Waals surface area (Å²) < 4.78 is 0. The van der Waals surface area contributed by atoms with Gasteiger partial charge in [0.05, 0.1) is 0 Å². The number of allylic oxidation sites excluding steroid dienone is 2. The molecule has 0 radical (unpaired) electrons. The minimum absolute atomic E-state index is 0.347. The summed E-state index contributed by atoms with van der Waals surface area (Å²) in [7, 11) is 0. The number of hydrogen-bond donors (Lipinski definition) is 0. The highest BCUT2D eigenvalue weighted by Crippen LogP contribution is 2.48. The Morgan fingerprint density at radius 3 is 2.83 bits per heavy atom. The largest absolute Gasteiger partial charge is 0.303 e. The molecule has 1 heteroatoms. The van der Waals surface area contributed by atoms with E-state index in [-0.39, 0.29) is 0 Å². The van der Waals surface area contributed by atoms with E-state index in [1.165, 1.54) is 25.5 Å². The summed E-state index contributed by atoms with van der Waals surface area (Å²) in [5, 5.41) is 0. The van der Waals surface area contributed by atoms with E-state index in [1.54, 1.807) is 0 Å². The normalized spacial score (nSPS) is 43.8. The van der Waals surface area contributed by atoms with Crippen molar-refractivity contribution in [3.63, 3.8) is 0 Å². The van der Waals surface area contributed by atoms with Crippen molar-refractivity contribution in [1.82, 2.24) is 0 Å². The lowest BCUT2D eigenvalue weighted by molar-refractivity contribution is -0.113. The number of carbonyl (C=O) groups is 1. The summed E-state index contributed by atoms with van der Waals surface area (Å²) >= 11 is 0. The average molecular weight is 164 g/mol. The Morgan fingerprint density at radius 1 is 1.42 bits per heavy atom. The summed E-state index contributed by atoms with van der Waals surface area (Å²) in [6, 6.07) is 0. The average Bonchev–Trinajstić information content (AvgIpc) is 2.64. The van der Waals surface area contributed by atoms with E-state index >= 15 is 0 Å². The maximum absolute atomic E-state index is 10.8. The van der Waals surface area contributed by atoms with E-state index in [0.717, 1.165) is 5.92 Å². The highest BCUT2D eigenvalue weighted by molar-refractivity contribution is 5.57. The third-order valence-electron chi connectivity index (χ3n) is 3.47. The van der Waals surface area contributed by atoms with Crippen LogP contribution >= 0.6 is 0 Å². The molecule has 1 nitrogen and oxygen atoms in total. The predicted molar refractivity (Wildman–Crippen MR) is 48.7 cm³/mol. The van der Waals surface area contributed by atoms with Crippen LogP contribution in [0.15, 0.2) is 12.2 Å². The van der Waals surface area contributed by atoms with E-state index in [1.807, 2.05) is 0 Å². The van der Waals surface area contributed by atoms with Crippen LogP contribution in [0, 0.1) is 23.7 Å². The Labute approximate surface area is 73.8 Å². The van der Waals surface area contributed by atoms with Gasteiger partial charge < -0.3 is 4.79 Å². The van der Waals surface area contributed by atoms with Gasteiger partial charge in [-0.15, -0.1) is 0 Å². The first-order valence-electron chi connectivity index (χ1n) is 5.00. The third-order valence-corrected chi connectivity index (χ3v) is 3.47. The molecule has 0 aliphatic heterocycles. The lowest BCUT2D eigenvalue weighted by Gasteiger charge is -2.22. The third kappa shape index (κ3) is 1.03. The zero-order chi connectivity index (χ0) is 8.55. The van der Waals surface area contributed by atoms with Crippen LogP contribution in [0.1, 0.15) is 26.2 Å². The number of aldehydes is 1. The van der Waals surface area contributed by atoms with Crippen molar-refractivity contribution in [2.45, 2.75) is 26.2 Å². The van der Waals surface area contributed by atoms with Crippen molar-refractivity contribution in [1.29, 1.82) is 0 Å². The molecule has 2 rings (SSSR count). The molecule has 0 aromatic rings. The number of fused-ring (bicyclic) bond motifs is 2. The minimum atomic E-state index is 0.347. The molecule has 0 N–H and O–H groups in total. The van der Waals surface area contributed by atoms with Gasteiger partial charge in [-0.3, -0.25) is 0 Å². The van der Waals surface area contributed by atoms with Crippen LogP contribution < -0.4 is 0 Å². The van der Waals surface area contributed by atoms with E-state index < -0.39 is 0 Å². The van der Waals surface area contributed by atoms with Crippen LogP contribution in [0.25, 0.3) is 0 Å². The molecule has 0 spiro atoms. The Kier molecular flexibility index (Phi) is 2.03. The molecule has 2 aliphatic carbocycles. The smallest absolute Gasteiger partial charge is 0.123 e. The van der Waals surface area contributed by atoms with Crippen LogP contribution in [-0.2, 0) is 4.79 Å². The zero-order valence-corrected chi connectivity index (χ0v) is 7.57. The molecule has 0 heterocycles. The van der Waals surface area contributed by atoms with Crippen molar-refractivity contribution >= 4 is 6.29 Å². The van der Waals surface area contributed by atoms with Gasteiger partial charge in [0, 0.05) is 5.92 Å². The first-order valence-corrected chi connectivity index (χ1v) is 5.00. The zero-order valence-electron chi connectivity index (χ0n) is 7.57. The standard InChI is InChI=1S/C11H16O/c1-2-3-10-8-4-5-9(6-8)11(10)7-12/h4-5,7-11H,2-3,6H2,1H3/t8-,9+,10-,11-/m0/s1. The summed E-state index contributed by atoms with van der Waals surface area (Å²) in [5.41, 5.74) is 0. The quantitative estimate of drug-likeness (QED) is 0.462. The lowest BCUT2D eigenvalue weighted by atomic mass is 9.81. The molecule has 66 valence electrons. The van der Waals surface area contributed by atoms with Gasteiger partial charge in [0.1, 0.15) is 6.29 Å². The molecule has 4 atom stereocenters. The van der Waals surface area contributed by atoms with Gasteiger partial charge in [-0.25, -0.2) is 0 Å². The molecule has 0 aromatic heterocycles. The van der Waals surface area contributed by atoms with Crippen molar-refractivity contribution in [2.75, 3.05) is 0 Å². The first kappa shape index (κ1) is 8.03. The molecular weight excluding hydrogens is 148 g/mol. The minimum Gasteiger partial charge on any atom is -0.303 e. The Balaban J connectivity index is 2.11. The van der Waals surface area contributed by atoms with Crippen LogP contribution in [-0.4, -0.2) is 6.29 Å². The summed E-state index contributed by atoms with van der Waals surface area (Å²) in [6.45, 7) is 2.21. The SMILES string of the molecule is CCC[C@@H]1[C@@H](C=O)[C@@H]2C=C[C@H]1C2. The monoisotopic (exact) mass is 164 g/mol. The van der Waals surface area contributed by atoms with Gasteiger partial charge in [0.25, 0.3) is 0 Å². The molecule has 0 unspecified atom stereocenters. The van der Waals surface area contributed by atoms with Gasteiger partial charge in [-0.1, -0.05) is 25.5 Å². The maximum Gasteiger partial charge on any atom is 0.123 e. The molecule has 1 saturated carbocycles. The van der Waals surface area contributed by atoms with Crippen LogP contribution in [0.3, 0.4) is 0 Å². The lowest BCUT2D eigenvalue weighted by Crippen LogP contribution is -2.20. The van der Waals surface area contributed by atoms with Gasteiger partial charge in [0.15, 0.2) is 0 Å². The second-order valence-electron chi connectivity index (χ2n) is 4.11. The molecule has 0 saturated heterocycles. The summed E-state index contributed by atoms with van der Waals surface area (Å²) in [5.74, 6) is 2.33. The molecule has 0 aromatic carbocycles. The topological polar surface area (TPSA) is 17.1 Å². The molecule has 2 aliphatic rings. The van der Waals surface area contributed by atoms with Gasteiger partial charge in [-0.05, 0) is 30.6 Å². The van der Waals surface area contributed by atoms with E-state index in [2.05, 4.69) is 19.1 Å². The number of rotatable bonds is 3. The van der Waals surface area contributed by atoms with Crippen LogP contribution in [0.4, 0.5) is 0 Å². The Hall–Kier alpha value is -0.590. The Bertz CT molecular complexity index is 207. The number of carbonyl (C=O) groups excluding carboxylic acids is 1. The van der Waals surface area contributed by atoms with Crippen LogP contribution in [0.5, 0.6) is 0 Å². The van der Waals surface area contributed by atoms with Crippen molar-refractivity contribution in [2.24, 2.45) is 23.7 Å². The highest BCUT2D eigenvalue weighted by atomic mass is 16.1. The second kappa shape index (κ2) is 3.04. The molecule has 0 amide bonds. The fourth-order valence-electron chi connectivity index (χ4n) is 2.90. The second-order valence-corrected chi connectivity index (χ2v) is 4.11. The van der Waals surface area contributed by atoms with Gasteiger partial charge in [0.2, 0.25) is 0 Å². The van der Waals surface area contributed by atoms with Crippen molar-refractivity contribution < 1.29 is 4.79 Å². The van der Waals surface area contributed by atoms with Crippen LogP contribution in [0.2, 0.25) is 0 Å². The van der Waals surface area contributed by atoms with Gasteiger partial charge >= 0.3 is 0 Å². The summed E-state index contributed by atoms with van der Waals surface area (Å²) in [4.78, 5) is 10.8. The predicted octanol–water partition coefficient (Wildman–Crippen LogP) is 2.42. The van der Waals surface area contributed by atoms with E-state index in [4.69, 9.17) is 0 Å². The summed E-state index contributed by atoms with van der Waals surface area (Å²) in [6.07, 6.45) is 9.45. The Morgan fingerprint density at radius 2 is 2.17 bits per heavy atom. The maximum atomic E-state index is 10.8. The van der Waals surface area contributed by atoms with E-state index in [0.29, 0.717) is 17.8 Å². The molecule has 12 heavy (non-hydrogen) atoms. The molecule has 2 bridgehead atoms. The fraction of sp³-hybridized carbons (Fsp3) is 0.727. The van der Waals surface area contributed by atoms with Crippen molar-refractivity contribution in [3.05, 3.63) is 12.2 Å². The molecular formula is C11H16O. The highest BCUT2D eigenvalue weighted by Gasteiger charge is 2.43. The van der Waals surface area contributed by atoms with Crippen molar-refractivity contribution in [3.8, 4) is 0 Å². The molecule has 1 fully saturated rings. The first-order chi connectivity index (χ1) is 5.86. The van der Waals surface area contributed by atoms with Gasteiger partial charge in [-0.2, -0.15) is 0 Å². The van der Waals surface area contributed by atoms with E-state index in [9.17, 15) is 4.79 Å². The number of hydrogen-bond acceptors (Lipinski definition) is 1. The fourth-order valence-corrected chi connectivity index (χ4v) is 2.90.